The fourth-order valence-corrected chi connectivity index (χ4v) is 3.33. The average molecular weight is 271 g/mol. The summed E-state index contributed by atoms with van der Waals surface area (Å²) in [5, 5.41) is 7.45. The van der Waals surface area contributed by atoms with Gasteiger partial charge in [-0.15, -0.1) is 0 Å². The summed E-state index contributed by atoms with van der Waals surface area (Å²) in [6.07, 6.45) is 3.66. The molecule has 0 heterocycles. The van der Waals surface area contributed by atoms with Crippen LogP contribution in [0.3, 0.4) is 0 Å². The molecule has 0 rings (SSSR count). The van der Waals surface area contributed by atoms with Crippen LogP contribution >= 0.6 is 0 Å². The third-order valence-corrected chi connectivity index (χ3v) is 4.58. The average Bonchev–Trinajstić information content (AvgIpc) is 2.13. The second-order valence-electron chi connectivity index (χ2n) is 7.83. The van der Waals surface area contributed by atoms with Crippen LogP contribution in [-0.2, 0) is 0 Å². The molecule has 0 aliphatic heterocycles. The Morgan fingerprint density at radius 1 is 0.947 bits per heavy atom. The zero-order valence-electron chi connectivity index (χ0n) is 14.9. The van der Waals surface area contributed by atoms with Gasteiger partial charge in [0.15, 0.2) is 0 Å². The molecule has 2 nitrogen and oxygen atoms in total. The molecule has 0 aromatic carbocycles. The standard InChI is InChI=1S/C17H38N2/c1-10-12-17(9,18-11-2)13-15(5,6)16(7,8)19-14(3)4/h14,18-19H,10-13H2,1-9H3. The molecular formula is C17H38N2. The van der Waals surface area contributed by atoms with Crippen molar-refractivity contribution in [2.75, 3.05) is 6.54 Å². The lowest BCUT2D eigenvalue weighted by Gasteiger charge is -2.48. The van der Waals surface area contributed by atoms with Crippen LogP contribution in [0.15, 0.2) is 0 Å². The van der Waals surface area contributed by atoms with Gasteiger partial charge in [-0.2, -0.15) is 0 Å². The number of nitrogens with one attached hydrogen (secondary N) is 2. The first-order valence-electron chi connectivity index (χ1n) is 8.02. The maximum atomic E-state index is 3.74. The molecule has 0 saturated carbocycles. The van der Waals surface area contributed by atoms with E-state index < -0.39 is 0 Å². The number of hydrogen-bond acceptors (Lipinski definition) is 2. The van der Waals surface area contributed by atoms with Gasteiger partial charge in [0.1, 0.15) is 0 Å². The molecule has 2 heteroatoms. The van der Waals surface area contributed by atoms with Crippen LogP contribution in [-0.4, -0.2) is 23.7 Å². The molecule has 0 bridgehead atoms. The fourth-order valence-electron chi connectivity index (χ4n) is 3.33. The van der Waals surface area contributed by atoms with Gasteiger partial charge in [-0.05, 0) is 45.6 Å². The highest BCUT2D eigenvalue weighted by atomic mass is 15.0. The summed E-state index contributed by atoms with van der Waals surface area (Å²) in [4.78, 5) is 0. The molecule has 0 radical (unpaired) electrons. The Hall–Kier alpha value is -0.0800. The zero-order chi connectivity index (χ0) is 15.3. The highest BCUT2D eigenvalue weighted by Gasteiger charge is 2.41. The summed E-state index contributed by atoms with van der Waals surface area (Å²) in [5.74, 6) is 0. The molecule has 0 aromatic heterocycles. The second-order valence-corrected chi connectivity index (χ2v) is 7.83. The summed E-state index contributed by atoms with van der Waals surface area (Å²) in [6.45, 7) is 21.8. The van der Waals surface area contributed by atoms with Gasteiger partial charge in [-0.25, -0.2) is 0 Å². The van der Waals surface area contributed by atoms with E-state index in [1.807, 2.05) is 0 Å². The van der Waals surface area contributed by atoms with Crippen LogP contribution < -0.4 is 10.6 Å². The van der Waals surface area contributed by atoms with Crippen molar-refractivity contribution in [2.45, 2.75) is 98.7 Å². The Morgan fingerprint density at radius 3 is 1.84 bits per heavy atom. The lowest BCUT2D eigenvalue weighted by Crippen LogP contribution is -2.58. The first-order valence-corrected chi connectivity index (χ1v) is 8.02. The summed E-state index contributed by atoms with van der Waals surface area (Å²) < 4.78 is 0. The molecule has 116 valence electrons. The van der Waals surface area contributed by atoms with Crippen molar-refractivity contribution < 1.29 is 0 Å². The summed E-state index contributed by atoms with van der Waals surface area (Å²) in [5.41, 5.74) is 0.609. The topological polar surface area (TPSA) is 24.1 Å². The summed E-state index contributed by atoms with van der Waals surface area (Å²) >= 11 is 0. The number of rotatable bonds is 9. The SMILES string of the molecule is CCCC(C)(CC(C)(C)C(C)(C)NC(C)C)NCC. The molecule has 1 unspecified atom stereocenters. The van der Waals surface area contributed by atoms with E-state index in [0.29, 0.717) is 6.04 Å². The van der Waals surface area contributed by atoms with E-state index in [1.54, 1.807) is 0 Å². The minimum absolute atomic E-state index is 0.131. The molecule has 0 saturated heterocycles. The van der Waals surface area contributed by atoms with Crippen LogP contribution in [0.5, 0.6) is 0 Å². The number of hydrogen-bond donors (Lipinski definition) is 2. The second kappa shape index (κ2) is 7.08. The predicted octanol–water partition coefficient (Wildman–Crippen LogP) is 4.35. The van der Waals surface area contributed by atoms with Gasteiger partial charge in [-0.1, -0.05) is 48.0 Å². The monoisotopic (exact) mass is 270 g/mol. The van der Waals surface area contributed by atoms with Gasteiger partial charge in [0.05, 0.1) is 0 Å². The molecule has 0 spiro atoms. The first-order chi connectivity index (χ1) is 8.49. The maximum absolute atomic E-state index is 3.74. The van der Waals surface area contributed by atoms with E-state index >= 15 is 0 Å². The minimum Gasteiger partial charge on any atom is -0.312 e. The van der Waals surface area contributed by atoms with Crippen LogP contribution in [0.1, 0.15) is 81.6 Å². The van der Waals surface area contributed by atoms with E-state index in [2.05, 4.69) is 72.9 Å². The Bertz CT molecular complexity index is 248. The van der Waals surface area contributed by atoms with E-state index in [1.165, 1.54) is 19.3 Å². The van der Waals surface area contributed by atoms with Gasteiger partial charge in [0.2, 0.25) is 0 Å². The van der Waals surface area contributed by atoms with Crippen LogP contribution in [0.25, 0.3) is 0 Å². The molecule has 19 heavy (non-hydrogen) atoms. The minimum atomic E-state index is 0.131. The van der Waals surface area contributed by atoms with Crippen molar-refractivity contribution in [2.24, 2.45) is 5.41 Å². The van der Waals surface area contributed by atoms with Crippen LogP contribution in [0, 0.1) is 5.41 Å². The van der Waals surface area contributed by atoms with E-state index in [-0.39, 0.29) is 16.5 Å². The largest absolute Gasteiger partial charge is 0.312 e. The first kappa shape index (κ1) is 18.9. The van der Waals surface area contributed by atoms with E-state index in [9.17, 15) is 0 Å². The van der Waals surface area contributed by atoms with Crippen LogP contribution in [0.2, 0.25) is 0 Å². The zero-order valence-corrected chi connectivity index (χ0v) is 14.9. The maximum Gasteiger partial charge on any atom is 0.0179 e. The van der Waals surface area contributed by atoms with Gasteiger partial charge < -0.3 is 10.6 Å². The molecule has 0 aliphatic rings. The van der Waals surface area contributed by atoms with Gasteiger partial charge in [0.25, 0.3) is 0 Å². The van der Waals surface area contributed by atoms with Gasteiger partial charge in [-0.3, -0.25) is 0 Å². The van der Waals surface area contributed by atoms with E-state index in [4.69, 9.17) is 0 Å². The highest BCUT2D eigenvalue weighted by Crippen LogP contribution is 2.39. The Labute approximate surface area is 122 Å². The molecule has 0 aromatic rings. The van der Waals surface area contributed by atoms with Crippen molar-refractivity contribution in [1.82, 2.24) is 10.6 Å². The Morgan fingerprint density at radius 2 is 1.47 bits per heavy atom. The lowest BCUT2D eigenvalue weighted by atomic mass is 9.66. The molecule has 0 aliphatic carbocycles. The Kier molecular flexibility index (Phi) is 7.05. The fraction of sp³-hybridized carbons (Fsp3) is 1.00. The highest BCUT2D eigenvalue weighted by molar-refractivity contribution is 4.99. The van der Waals surface area contributed by atoms with Crippen molar-refractivity contribution in [1.29, 1.82) is 0 Å². The lowest BCUT2D eigenvalue weighted by molar-refractivity contribution is 0.0874. The van der Waals surface area contributed by atoms with Crippen LogP contribution in [0.4, 0.5) is 0 Å². The van der Waals surface area contributed by atoms with Crippen molar-refractivity contribution in [3.8, 4) is 0 Å². The third kappa shape index (κ3) is 5.83. The van der Waals surface area contributed by atoms with Gasteiger partial charge >= 0.3 is 0 Å². The molecular weight excluding hydrogens is 232 g/mol. The van der Waals surface area contributed by atoms with Crippen molar-refractivity contribution >= 4 is 0 Å². The van der Waals surface area contributed by atoms with Gasteiger partial charge in [0, 0.05) is 17.1 Å². The summed E-state index contributed by atoms with van der Waals surface area (Å²) in [7, 11) is 0. The molecule has 1 atom stereocenters. The van der Waals surface area contributed by atoms with E-state index in [0.717, 1.165) is 6.54 Å². The van der Waals surface area contributed by atoms with Crippen molar-refractivity contribution in [3.05, 3.63) is 0 Å². The molecule has 2 N–H and O–H groups in total. The predicted molar refractivity (Wildman–Crippen MR) is 87.7 cm³/mol. The molecule has 0 amide bonds. The smallest absolute Gasteiger partial charge is 0.0179 e. The quantitative estimate of drug-likeness (QED) is 0.651. The Balaban J connectivity index is 4.97. The normalized spacial score (nSPS) is 16.7. The molecule has 0 fully saturated rings. The third-order valence-electron chi connectivity index (χ3n) is 4.58. The summed E-state index contributed by atoms with van der Waals surface area (Å²) in [6, 6.07) is 0.519. The van der Waals surface area contributed by atoms with Crippen molar-refractivity contribution in [3.63, 3.8) is 0 Å².